The molecule has 0 aromatic heterocycles. The van der Waals surface area contributed by atoms with Gasteiger partial charge in [-0.25, -0.2) is 0 Å². The fourth-order valence-corrected chi connectivity index (χ4v) is 4.31. The van der Waals surface area contributed by atoms with E-state index in [0.29, 0.717) is 11.3 Å². The highest BCUT2D eigenvalue weighted by atomic mass is 35.5. The highest BCUT2D eigenvalue weighted by Gasteiger charge is 2.30. The third-order valence-corrected chi connectivity index (χ3v) is 6.62. The summed E-state index contributed by atoms with van der Waals surface area (Å²) < 4.78 is 0. The summed E-state index contributed by atoms with van der Waals surface area (Å²) in [6.45, 7) is 1.56. The van der Waals surface area contributed by atoms with Crippen molar-refractivity contribution in [3.63, 3.8) is 0 Å². The third kappa shape index (κ3) is 8.60. The number of carbonyl (C=O) groups is 3. The minimum Gasteiger partial charge on any atom is -0.426 e. The third-order valence-electron chi connectivity index (χ3n) is 6.06. The standard InChI is InChI=1S/C29H28BCl2N3O5/c1-3-8-27(36)35(2)22-12-7-11-20(15-22)16-25(33-28(37)23-18-21(31)13-14-24(23)32)29(38)34-26(30(39)40)17-19-9-5-4-6-10-19/h4-7,9-15,18,25-26,39-40H,16-17H2,1-2H3,(H,33,37)(H,34,38). The highest BCUT2D eigenvalue weighted by Crippen LogP contribution is 2.21. The molecule has 3 aromatic rings. The van der Waals surface area contributed by atoms with Crippen LogP contribution in [-0.2, 0) is 22.4 Å². The number of rotatable bonds is 10. The molecular formula is C29H28BCl2N3O5. The molecule has 40 heavy (non-hydrogen) atoms. The fourth-order valence-electron chi connectivity index (χ4n) is 3.93. The second kappa shape index (κ2) is 14.5. The van der Waals surface area contributed by atoms with Gasteiger partial charge in [-0.05, 0) is 60.7 Å². The van der Waals surface area contributed by atoms with E-state index in [0.717, 1.165) is 5.56 Å². The van der Waals surface area contributed by atoms with Gasteiger partial charge in [0.05, 0.1) is 16.5 Å². The van der Waals surface area contributed by atoms with Crippen molar-refractivity contribution in [2.24, 2.45) is 0 Å². The van der Waals surface area contributed by atoms with Crippen LogP contribution in [0.1, 0.15) is 28.4 Å². The number of nitrogens with zero attached hydrogens (tertiary/aromatic N) is 1. The van der Waals surface area contributed by atoms with Crippen LogP contribution in [0.5, 0.6) is 0 Å². The van der Waals surface area contributed by atoms with Gasteiger partial charge in [0.2, 0.25) is 5.91 Å². The summed E-state index contributed by atoms with van der Waals surface area (Å²) in [6, 6.07) is 19.2. The van der Waals surface area contributed by atoms with Crippen molar-refractivity contribution in [1.82, 2.24) is 10.6 Å². The molecule has 3 amide bonds. The zero-order valence-electron chi connectivity index (χ0n) is 21.9. The molecule has 0 heterocycles. The van der Waals surface area contributed by atoms with Crippen LogP contribution in [0.4, 0.5) is 5.69 Å². The molecule has 0 saturated carbocycles. The van der Waals surface area contributed by atoms with E-state index in [1.807, 2.05) is 6.07 Å². The number of benzene rings is 3. The van der Waals surface area contributed by atoms with Crippen molar-refractivity contribution in [1.29, 1.82) is 0 Å². The van der Waals surface area contributed by atoms with Crippen LogP contribution in [0.25, 0.3) is 0 Å². The van der Waals surface area contributed by atoms with Gasteiger partial charge in [0, 0.05) is 24.2 Å². The fraction of sp³-hybridized carbons (Fsp3) is 0.207. The van der Waals surface area contributed by atoms with Crippen LogP contribution in [-0.4, -0.2) is 53.9 Å². The zero-order chi connectivity index (χ0) is 29.2. The molecule has 0 aliphatic carbocycles. The molecule has 0 aliphatic rings. The lowest BCUT2D eigenvalue weighted by atomic mass is 9.75. The van der Waals surface area contributed by atoms with Crippen LogP contribution in [0.15, 0.2) is 72.8 Å². The molecule has 3 rings (SSSR count). The minimum absolute atomic E-state index is 0.0185. The van der Waals surface area contributed by atoms with Crippen molar-refractivity contribution in [3.8, 4) is 11.8 Å². The van der Waals surface area contributed by atoms with Crippen molar-refractivity contribution in [2.45, 2.75) is 31.7 Å². The quantitative estimate of drug-likeness (QED) is 0.217. The lowest BCUT2D eigenvalue weighted by molar-refractivity contribution is -0.123. The lowest BCUT2D eigenvalue weighted by Crippen LogP contribution is -2.55. The van der Waals surface area contributed by atoms with E-state index < -0.39 is 36.8 Å². The summed E-state index contributed by atoms with van der Waals surface area (Å²) in [4.78, 5) is 40.3. The summed E-state index contributed by atoms with van der Waals surface area (Å²) in [6.07, 6.45) is 0.163. The van der Waals surface area contributed by atoms with Gasteiger partial charge < -0.3 is 25.6 Å². The van der Waals surface area contributed by atoms with Crippen LogP contribution in [0.3, 0.4) is 0 Å². The average Bonchev–Trinajstić information content (AvgIpc) is 2.93. The van der Waals surface area contributed by atoms with Crippen LogP contribution < -0.4 is 15.5 Å². The molecule has 11 heteroatoms. The number of hydrogen-bond acceptors (Lipinski definition) is 5. The molecule has 0 spiro atoms. The Bertz CT molecular complexity index is 1430. The molecule has 0 aliphatic heterocycles. The van der Waals surface area contributed by atoms with E-state index in [9.17, 15) is 24.4 Å². The second-order valence-corrected chi connectivity index (χ2v) is 9.83. The number of amides is 3. The topological polar surface area (TPSA) is 119 Å². The molecule has 0 radical (unpaired) electrons. The molecule has 3 aromatic carbocycles. The van der Waals surface area contributed by atoms with Crippen molar-refractivity contribution in [3.05, 3.63) is 99.5 Å². The molecule has 0 fully saturated rings. The van der Waals surface area contributed by atoms with Gasteiger partial charge in [-0.15, -0.1) is 0 Å². The van der Waals surface area contributed by atoms with Gasteiger partial charge in [0.1, 0.15) is 6.04 Å². The van der Waals surface area contributed by atoms with E-state index in [1.165, 1.54) is 23.1 Å². The van der Waals surface area contributed by atoms with Crippen molar-refractivity contribution < 1.29 is 24.4 Å². The molecule has 2 atom stereocenters. The Kier molecular flexibility index (Phi) is 11.2. The minimum atomic E-state index is -1.86. The van der Waals surface area contributed by atoms with Gasteiger partial charge in [-0.2, -0.15) is 0 Å². The number of halogens is 2. The first-order chi connectivity index (χ1) is 19.1. The van der Waals surface area contributed by atoms with E-state index in [2.05, 4.69) is 22.5 Å². The SMILES string of the molecule is CC#CC(=O)N(C)c1cccc(CC(NC(=O)c2cc(Cl)ccc2Cl)C(=O)NC(Cc2ccccc2)B(O)O)c1. The predicted octanol–water partition coefficient (Wildman–Crippen LogP) is 3.06. The van der Waals surface area contributed by atoms with Gasteiger partial charge in [-0.3, -0.25) is 14.4 Å². The van der Waals surface area contributed by atoms with E-state index in [1.54, 1.807) is 62.5 Å². The Morgan fingerprint density at radius 3 is 2.30 bits per heavy atom. The molecule has 0 saturated heterocycles. The first-order valence-electron chi connectivity index (χ1n) is 12.3. The Balaban J connectivity index is 1.89. The van der Waals surface area contributed by atoms with Crippen molar-refractivity contribution in [2.75, 3.05) is 11.9 Å². The Morgan fingerprint density at radius 2 is 1.62 bits per heavy atom. The van der Waals surface area contributed by atoms with E-state index >= 15 is 0 Å². The summed E-state index contributed by atoms with van der Waals surface area (Å²) in [5.41, 5.74) is 2.03. The second-order valence-electron chi connectivity index (χ2n) is 8.98. The maximum Gasteiger partial charge on any atom is 0.475 e. The van der Waals surface area contributed by atoms with Crippen LogP contribution in [0.2, 0.25) is 10.0 Å². The van der Waals surface area contributed by atoms with Crippen LogP contribution in [0, 0.1) is 11.8 Å². The summed E-state index contributed by atoms with van der Waals surface area (Å²) in [7, 11) is -0.277. The molecule has 4 N–H and O–H groups in total. The predicted molar refractivity (Wildman–Crippen MR) is 157 cm³/mol. The maximum absolute atomic E-state index is 13.5. The summed E-state index contributed by atoms with van der Waals surface area (Å²) >= 11 is 12.3. The van der Waals surface area contributed by atoms with Crippen molar-refractivity contribution >= 4 is 53.7 Å². The molecule has 2 unspecified atom stereocenters. The summed E-state index contributed by atoms with van der Waals surface area (Å²) in [5.74, 6) is 2.30. The zero-order valence-corrected chi connectivity index (χ0v) is 23.4. The Hall–Kier alpha value is -3.81. The molecular weight excluding hydrogens is 552 g/mol. The van der Waals surface area contributed by atoms with Gasteiger partial charge in [-0.1, -0.05) is 71.6 Å². The van der Waals surface area contributed by atoms with Crippen LogP contribution >= 0.6 is 23.2 Å². The number of hydrogen-bond donors (Lipinski definition) is 4. The molecule has 206 valence electrons. The average molecular weight is 580 g/mol. The Morgan fingerprint density at radius 1 is 0.925 bits per heavy atom. The molecule has 8 nitrogen and oxygen atoms in total. The number of anilines is 1. The highest BCUT2D eigenvalue weighted by molar-refractivity contribution is 6.43. The molecule has 0 bridgehead atoms. The number of nitrogens with one attached hydrogen (secondary N) is 2. The number of carbonyl (C=O) groups excluding carboxylic acids is 3. The monoisotopic (exact) mass is 579 g/mol. The van der Waals surface area contributed by atoms with E-state index in [-0.39, 0.29) is 28.5 Å². The first-order valence-corrected chi connectivity index (χ1v) is 13.1. The first kappa shape index (κ1) is 30.7. The van der Waals surface area contributed by atoms with Gasteiger partial charge in [0.25, 0.3) is 5.91 Å². The summed E-state index contributed by atoms with van der Waals surface area (Å²) in [5, 5.41) is 25.7. The smallest absolute Gasteiger partial charge is 0.426 e. The largest absolute Gasteiger partial charge is 0.475 e. The van der Waals surface area contributed by atoms with E-state index in [4.69, 9.17) is 23.2 Å². The van der Waals surface area contributed by atoms with Gasteiger partial charge in [0.15, 0.2) is 0 Å². The Labute approximate surface area is 243 Å². The normalized spacial score (nSPS) is 11.8. The lowest BCUT2D eigenvalue weighted by Gasteiger charge is -2.24. The maximum atomic E-state index is 13.5. The van der Waals surface area contributed by atoms with Gasteiger partial charge >= 0.3 is 13.0 Å².